The third-order valence-corrected chi connectivity index (χ3v) is 4.65. The van der Waals surface area contributed by atoms with Gasteiger partial charge in [-0.3, -0.25) is 4.79 Å². The van der Waals surface area contributed by atoms with Gasteiger partial charge in [0.2, 0.25) is 10.0 Å². The summed E-state index contributed by atoms with van der Waals surface area (Å²) in [7, 11) is -3.68. The van der Waals surface area contributed by atoms with Crippen LogP contribution in [0, 0.1) is 0 Å². The number of ether oxygens (including phenoxy) is 2. The molecule has 1 aliphatic rings. The fourth-order valence-electron chi connectivity index (χ4n) is 1.94. The summed E-state index contributed by atoms with van der Waals surface area (Å²) >= 11 is 0. The minimum atomic E-state index is -3.68. The first kappa shape index (κ1) is 16.4. The van der Waals surface area contributed by atoms with E-state index in [9.17, 15) is 13.2 Å². The Morgan fingerprint density at radius 1 is 1.32 bits per heavy atom. The van der Waals surface area contributed by atoms with E-state index >= 15 is 0 Å². The predicted molar refractivity (Wildman–Crippen MR) is 68.5 cm³/mol. The van der Waals surface area contributed by atoms with E-state index in [1.165, 1.54) is 4.31 Å². The lowest BCUT2D eigenvalue weighted by Gasteiger charge is -2.30. The fraction of sp³-hybridized carbons (Fsp3) is 0.909. The predicted octanol–water partition coefficient (Wildman–Crippen LogP) is -0.0817. The van der Waals surface area contributed by atoms with Gasteiger partial charge in [-0.25, -0.2) is 12.7 Å². The van der Waals surface area contributed by atoms with E-state index in [4.69, 9.17) is 14.6 Å². The number of aliphatic carboxylic acids is 1. The van der Waals surface area contributed by atoms with Crippen LogP contribution < -0.4 is 0 Å². The molecule has 0 aromatic carbocycles. The summed E-state index contributed by atoms with van der Waals surface area (Å²) in [6.45, 7) is 4.22. The van der Waals surface area contributed by atoms with Gasteiger partial charge in [0.25, 0.3) is 0 Å². The highest BCUT2D eigenvalue weighted by molar-refractivity contribution is 7.89. The Hall–Kier alpha value is -0.700. The van der Waals surface area contributed by atoms with Gasteiger partial charge in [-0.2, -0.15) is 0 Å². The molecular formula is C11H21NO6S. The van der Waals surface area contributed by atoms with Crippen molar-refractivity contribution in [1.29, 1.82) is 0 Å². The highest BCUT2D eigenvalue weighted by Gasteiger charge is 2.29. The molecule has 0 unspecified atom stereocenters. The molecule has 1 heterocycles. The maximum Gasteiger partial charge on any atom is 0.320 e. The molecule has 0 atom stereocenters. The Bertz CT molecular complexity index is 375. The summed E-state index contributed by atoms with van der Waals surface area (Å²) in [5, 5.41) is 8.55. The molecular weight excluding hydrogens is 274 g/mol. The lowest BCUT2D eigenvalue weighted by atomic mass is 10.1. The monoisotopic (exact) mass is 295 g/mol. The van der Waals surface area contributed by atoms with Crippen molar-refractivity contribution >= 4 is 16.0 Å². The van der Waals surface area contributed by atoms with E-state index in [1.54, 1.807) is 0 Å². The number of rotatable bonds is 8. The lowest BCUT2D eigenvalue weighted by molar-refractivity contribution is -0.134. The summed E-state index contributed by atoms with van der Waals surface area (Å²) in [5.74, 6) is -2.17. The number of carbonyl (C=O) groups is 1. The minimum absolute atomic E-state index is 0.0248. The summed E-state index contributed by atoms with van der Waals surface area (Å²) in [6.07, 6.45) is 1.20. The van der Waals surface area contributed by atoms with Crippen LogP contribution in [0.4, 0.5) is 0 Å². The number of hydrogen-bond acceptors (Lipinski definition) is 5. The molecule has 7 nitrogen and oxygen atoms in total. The van der Waals surface area contributed by atoms with Crippen LogP contribution in [0.25, 0.3) is 0 Å². The fourth-order valence-corrected chi connectivity index (χ4v) is 3.20. The Morgan fingerprint density at radius 2 is 1.95 bits per heavy atom. The SMILES string of the molecule is CCOCCOC1CCN(S(=O)(=O)CC(=O)O)CC1. The average molecular weight is 295 g/mol. The Labute approximate surface area is 113 Å². The first-order valence-corrected chi connectivity index (χ1v) is 7.95. The zero-order valence-corrected chi connectivity index (χ0v) is 11.9. The first-order chi connectivity index (χ1) is 8.95. The summed E-state index contributed by atoms with van der Waals surface area (Å²) < 4.78 is 35.3. The standard InChI is InChI=1S/C11H21NO6S/c1-2-17-7-8-18-10-3-5-12(6-4-10)19(15,16)9-11(13)14/h10H,2-9H2,1H3,(H,13,14). The maximum atomic E-state index is 11.7. The van der Waals surface area contributed by atoms with Crippen molar-refractivity contribution < 1.29 is 27.8 Å². The van der Waals surface area contributed by atoms with Crippen molar-refractivity contribution in [2.24, 2.45) is 0 Å². The molecule has 19 heavy (non-hydrogen) atoms. The number of carboxylic acids is 1. The first-order valence-electron chi connectivity index (χ1n) is 6.34. The van der Waals surface area contributed by atoms with Crippen LogP contribution in [0.1, 0.15) is 19.8 Å². The molecule has 1 saturated heterocycles. The second-order valence-electron chi connectivity index (χ2n) is 4.32. The van der Waals surface area contributed by atoms with E-state index in [1.807, 2.05) is 6.92 Å². The van der Waals surface area contributed by atoms with Gasteiger partial charge in [0.15, 0.2) is 5.75 Å². The maximum absolute atomic E-state index is 11.7. The van der Waals surface area contributed by atoms with E-state index in [0.29, 0.717) is 45.8 Å². The molecule has 1 N–H and O–H groups in total. The zero-order chi connectivity index (χ0) is 14.3. The molecule has 1 aliphatic heterocycles. The van der Waals surface area contributed by atoms with Gasteiger partial charge in [0.05, 0.1) is 19.3 Å². The van der Waals surface area contributed by atoms with Crippen LogP contribution in [0.3, 0.4) is 0 Å². The topological polar surface area (TPSA) is 93.1 Å². The van der Waals surface area contributed by atoms with Crippen molar-refractivity contribution in [2.45, 2.75) is 25.9 Å². The van der Waals surface area contributed by atoms with Gasteiger partial charge in [-0.05, 0) is 19.8 Å². The Balaban J connectivity index is 2.30. The molecule has 1 fully saturated rings. The van der Waals surface area contributed by atoms with Crippen LogP contribution in [0.2, 0.25) is 0 Å². The van der Waals surface area contributed by atoms with E-state index in [-0.39, 0.29) is 6.10 Å². The Kier molecular flexibility index (Phi) is 6.70. The third-order valence-electron chi connectivity index (χ3n) is 2.89. The summed E-state index contributed by atoms with van der Waals surface area (Å²) in [5.41, 5.74) is 0. The number of carboxylic acid groups (broad SMARTS) is 1. The van der Waals surface area contributed by atoms with Crippen LogP contribution in [-0.2, 0) is 24.3 Å². The van der Waals surface area contributed by atoms with Gasteiger partial charge in [0.1, 0.15) is 0 Å². The minimum Gasteiger partial charge on any atom is -0.480 e. The lowest BCUT2D eigenvalue weighted by Crippen LogP contribution is -2.43. The van der Waals surface area contributed by atoms with Crippen LogP contribution in [-0.4, -0.2) is 68.6 Å². The van der Waals surface area contributed by atoms with Gasteiger partial charge >= 0.3 is 5.97 Å². The number of nitrogens with zero attached hydrogens (tertiary/aromatic N) is 1. The molecule has 0 aliphatic carbocycles. The second-order valence-corrected chi connectivity index (χ2v) is 6.28. The van der Waals surface area contributed by atoms with E-state index in [0.717, 1.165) is 0 Å². The molecule has 0 saturated carbocycles. The molecule has 0 bridgehead atoms. The number of piperidine rings is 1. The van der Waals surface area contributed by atoms with Gasteiger partial charge in [-0.1, -0.05) is 0 Å². The molecule has 1 rings (SSSR count). The van der Waals surface area contributed by atoms with Crippen LogP contribution in [0.15, 0.2) is 0 Å². The van der Waals surface area contributed by atoms with Crippen LogP contribution in [0.5, 0.6) is 0 Å². The number of hydrogen-bond donors (Lipinski definition) is 1. The zero-order valence-electron chi connectivity index (χ0n) is 11.1. The van der Waals surface area contributed by atoms with Gasteiger partial charge in [-0.15, -0.1) is 0 Å². The van der Waals surface area contributed by atoms with Crippen LogP contribution >= 0.6 is 0 Å². The van der Waals surface area contributed by atoms with Gasteiger partial charge < -0.3 is 14.6 Å². The Morgan fingerprint density at radius 3 is 2.47 bits per heavy atom. The highest BCUT2D eigenvalue weighted by Crippen LogP contribution is 2.16. The van der Waals surface area contributed by atoms with Crippen molar-refractivity contribution in [3.8, 4) is 0 Å². The van der Waals surface area contributed by atoms with Crippen molar-refractivity contribution in [2.75, 3.05) is 38.7 Å². The van der Waals surface area contributed by atoms with E-state index < -0.39 is 21.7 Å². The van der Waals surface area contributed by atoms with Crippen molar-refractivity contribution in [3.63, 3.8) is 0 Å². The van der Waals surface area contributed by atoms with Crippen molar-refractivity contribution in [1.82, 2.24) is 4.31 Å². The molecule has 0 aromatic rings. The molecule has 112 valence electrons. The largest absolute Gasteiger partial charge is 0.480 e. The van der Waals surface area contributed by atoms with Gasteiger partial charge in [0, 0.05) is 19.7 Å². The van der Waals surface area contributed by atoms with E-state index in [2.05, 4.69) is 0 Å². The number of sulfonamides is 1. The molecule has 0 spiro atoms. The summed E-state index contributed by atoms with van der Waals surface area (Å²) in [4.78, 5) is 10.5. The highest BCUT2D eigenvalue weighted by atomic mass is 32.2. The molecule has 0 aromatic heterocycles. The molecule has 0 amide bonds. The smallest absolute Gasteiger partial charge is 0.320 e. The van der Waals surface area contributed by atoms with Crippen molar-refractivity contribution in [3.05, 3.63) is 0 Å². The quantitative estimate of drug-likeness (QED) is 0.629. The average Bonchev–Trinajstić information content (AvgIpc) is 2.34. The normalized spacial score (nSPS) is 18.6. The second kappa shape index (κ2) is 7.78. The molecule has 8 heteroatoms. The molecule has 0 radical (unpaired) electrons. The third kappa shape index (κ3) is 5.85. The summed E-state index contributed by atoms with van der Waals surface area (Å²) in [6, 6.07) is 0.